The number of carbonyl (C=O) groups excluding carboxylic acids is 1. The fourth-order valence-electron chi connectivity index (χ4n) is 3.23. The van der Waals surface area contributed by atoms with Crippen molar-refractivity contribution in [2.75, 3.05) is 12.1 Å². The first-order chi connectivity index (χ1) is 15.0. The van der Waals surface area contributed by atoms with Gasteiger partial charge in [0.2, 0.25) is 0 Å². The van der Waals surface area contributed by atoms with Crippen LogP contribution in [0.15, 0.2) is 83.5 Å². The maximum Gasteiger partial charge on any atom is 0.280 e. The Morgan fingerprint density at radius 1 is 1.00 bits per heavy atom. The van der Waals surface area contributed by atoms with Gasteiger partial charge in [0.15, 0.2) is 11.5 Å². The van der Waals surface area contributed by atoms with E-state index < -0.39 is 0 Å². The van der Waals surface area contributed by atoms with E-state index in [1.807, 2.05) is 43.3 Å². The van der Waals surface area contributed by atoms with E-state index in [0.717, 1.165) is 16.8 Å². The van der Waals surface area contributed by atoms with E-state index in [1.165, 1.54) is 17.1 Å². The summed E-state index contributed by atoms with van der Waals surface area (Å²) in [4.78, 5) is 12.9. The van der Waals surface area contributed by atoms with Gasteiger partial charge < -0.3 is 9.47 Å². The third-order valence-corrected chi connectivity index (χ3v) is 4.87. The van der Waals surface area contributed by atoms with E-state index in [1.54, 1.807) is 37.5 Å². The van der Waals surface area contributed by atoms with Gasteiger partial charge in [0.05, 0.1) is 24.1 Å². The second-order valence-corrected chi connectivity index (χ2v) is 7.02. The molecule has 5 nitrogen and oxygen atoms in total. The van der Waals surface area contributed by atoms with Crippen LogP contribution in [0.4, 0.5) is 10.1 Å². The lowest BCUT2D eigenvalue weighted by Crippen LogP contribution is -2.21. The molecule has 0 atom stereocenters. The van der Waals surface area contributed by atoms with Crippen LogP contribution in [0.3, 0.4) is 0 Å². The number of para-hydroxylation sites is 1. The molecule has 1 aliphatic heterocycles. The largest absolute Gasteiger partial charge is 0.493 e. The molecular weight excluding hydrogens is 395 g/mol. The van der Waals surface area contributed by atoms with Gasteiger partial charge >= 0.3 is 0 Å². The summed E-state index contributed by atoms with van der Waals surface area (Å²) in [6, 6.07) is 20.9. The van der Waals surface area contributed by atoms with Gasteiger partial charge in [-0.3, -0.25) is 4.79 Å². The molecule has 0 saturated carbocycles. The van der Waals surface area contributed by atoms with Gasteiger partial charge in [0, 0.05) is 0 Å². The normalized spacial score (nSPS) is 14.7. The smallest absolute Gasteiger partial charge is 0.280 e. The summed E-state index contributed by atoms with van der Waals surface area (Å²) < 4.78 is 24.3. The SMILES string of the molecule is COc1cc(C=C2C(=O)N(c3ccccc3)N=C2C)ccc1OCc1ccc(F)cc1. The third kappa shape index (κ3) is 4.48. The summed E-state index contributed by atoms with van der Waals surface area (Å²) in [5, 5.41) is 5.80. The molecule has 0 radical (unpaired) electrons. The summed E-state index contributed by atoms with van der Waals surface area (Å²) in [5.74, 6) is 0.628. The van der Waals surface area contributed by atoms with Gasteiger partial charge in [-0.15, -0.1) is 0 Å². The predicted octanol–water partition coefficient (Wildman–Crippen LogP) is 5.22. The van der Waals surface area contributed by atoms with Crippen LogP contribution in [0.5, 0.6) is 11.5 Å². The number of carbonyl (C=O) groups is 1. The molecule has 0 saturated heterocycles. The van der Waals surface area contributed by atoms with Crippen LogP contribution in [0.25, 0.3) is 6.08 Å². The molecule has 0 fully saturated rings. The number of benzene rings is 3. The van der Waals surface area contributed by atoms with Crippen molar-refractivity contribution in [2.45, 2.75) is 13.5 Å². The molecule has 156 valence electrons. The Bertz CT molecular complexity index is 1160. The van der Waals surface area contributed by atoms with Gasteiger partial charge in [-0.1, -0.05) is 36.4 Å². The first-order valence-corrected chi connectivity index (χ1v) is 9.77. The molecule has 0 spiro atoms. The first-order valence-electron chi connectivity index (χ1n) is 9.77. The first kappa shape index (κ1) is 20.3. The lowest BCUT2D eigenvalue weighted by atomic mass is 10.1. The fraction of sp³-hybridized carbons (Fsp3) is 0.120. The Labute approximate surface area is 180 Å². The van der Waals surface area contributed by atoms with Crippen molar-refractivity contribution in [3.8, 4) is 11.5 Å². The Kier molecular flexibility index (Phi) is 5.80. The average Bonchev–Trinajstić information content (AvgIpc) is 3.08. The topological polar surface area (TPSA) is 51.1 Å². The molecule has 3 aromatic rings. The number of rotatable bonds is 6. The van der Waals surface area contributed by atoms with E-state index >= 15 is 0 Å². The average molecular weight is 416 g/mol. The summed E-state index contributed by atoms with van der Waals surface area (Å²) >= 11 is 0. The van der Waals surface area contributed by atoms with Crippen LogP contribution in [-0.2, 0) is 11.4 Å². The van der Waals surface area contributed by atoms with E-state index in [-0.39, 0.29) is 18.3 Å². The second-order valence-electron chi connectivity index (χ2n) is 7.02. The Hall–Kier alpha value is -3.93. The minimum absolute atomic E-state index is 0.181. The molecule has 31 heavy (non-hydrogen) atoms. The monoisotopic (exact) mass is 416 g/mol. The van der Waals surface area contributed by atoms with Gasteiger partial charge in [0.1, 0.15) is 12.4 Å². The maximum atomic E-state index is 13.1. The van der Waals surface area contributed by atoms with Crippen molar-refractivity contribution in [1.29, 1.82) is 0 Å². The highest BCUT2D eigenvalue weighted by atomic mass is 19.1. The highest BCUT2D eigenvalue weighted by molar-refractivity contribution is 6.32. The van der Waals surface area contributed by atoms with Gasteiger partial charge in [-0.05, 0) is 60.5 Å². The molecule has 1 heterocycles. The van der Waals surface area contributed by atoms with Gasteiger partial charge in [0.25, 0.3) is 5.91 Å². The van der Waals surface area contributed by atoms with Crippen molar-refractivity contribution in [3.63, 3.8) is 0 Å². The Morgan fingerprint density at radius 2 is 1.74 bits per heavy atom. The zero-order chi connectivity index (χ0) is 21.8. The van der Waals surface area contributed by atoms with Gasteiger partial charge in [-0.25, -0.2) is 4.39 Å². The molecule has 1 aliphatic rings. The molecule has 0 aliphatic carbocycles. The van der Waals surface area contributed by atoms with E-state index in [0.29, 0.717) is 22.8 Å². The molecule has 0 unspecified atom stereocenters. The Morgan fingerprint density at radius 3 is 2.45 bits per heavy atom. The second kappa shape index (κ2) is 8.83. The number of halogens is 1. The quantitative estimate of drug-likeness (QED) is 0.518. The maximum absolute atomic E-state index is 13.1. The summed E-state index contributed by atoms with van der Waals surface area (Å²) in [5.41, 5.74) is 3.52. The zero-order valence-electron chi connectivity index (χ0n) is 17.2. The molecule has 0 aromatic heterocycles. The highest BCUT2D eigenvalue weighted by Gasteiger charge is 2.28. The Balaban J connectivity index is 1.53. The number of nitrogens with zero attached hydrogens (tertiary/aromatic N) is 2. The molecule has 1 amide bonds. The molecule has 0 N–H and O–H groups in total. The third-order valence-electron chi connectivity index (χ3n) is 4.87. The van der Waals surface area contributed by atoms with Crippen LogP contribution >= 0.6 is 0 Å². The molecule has 0 bridgehead atoms. The minimum atomic E-state index is -0.287. The molecule has 6 heteroatoms. The summed E-state index contributed by atoms with van der Waals surface area (Å²) in [6.07, 6.45) is 1.79. The number of anilines is 1. The molecule has 4 rings (SSSR count). The lowest BCUT2D eigenvalue weighted by Gasteiger charge is -2.12. The molecular formula is C25H21FN2O3. The van der Waals surface area contributed by atoms with E-state index in [9.17, 15) is 9.18 Å². The number of amides is 1. The number of ether oxygens (including phenoxy) is 2. The predicted molar refractivity (Wildman–Crippen MR) is 119 cm³/mol. The van der Waals surface area contributed by atoms with Crippen LogP contribution in [0.1, 0.15) is 18.1 Å². The van der Waals surface area contributed by atoms with E-state index in [2.05, 4.69) is 5.10 Å². The van der Waals surface area contributed by atoms with Gasteiger partial charge in [-0.2, -0.15) is 10.1 Å². The number of hydrazone groups is 1. The lowest BCUT2D eigenvalue weighted by molar-refractivity contribution is -0.114. The van der Waals surface area contributed by atoms with Crippen molar-refractivity contribution < 1.29 is 18.7 Å². The van der Waals surface area contributed by atoms with Crippen LogP contribution in [0.2, 0.25) is 0 Å². The highest BCUT2D eigenvalue weighted by Crippen LogP contribution is 2.31. The summed E-state index contributed by atoms with van der Waals surface area (Å²) in [7, 11) is 1.56. The van der Waals surface area contributed by atoms with Crippen molar-refractivity contribution >= 4 is 23.4 Å². The van der Waals surface area contributed by atoms with E-state index in [4.69, 9.17) is 9.47 Å². The van der Waals surface area contributed by atoms with Crippen molar-refractivity contribution in [2.24, 2.45) is 5.10 Å². The molecule has 3 aromatic carbocycles. The van der Waals surface area contributed by atoms with Crippen LogP contribution in [0, 0.1) is 5.82 Å². The fourth-order valence-corrected chi connectivity index (χ4v) is 3.23. The summed E-state index contributed by atoms with van der Waals surface area (Å²) in [6.45, 7) is 2.09. The standard InChI is InChI=1S/C25H21FN2O3/c1-17-22(25(29)28(27-17)21-6-4-3-5-7-21)14-19-10-13-23(24(15-19)30-2)31-16-18-8-11-20(26)12-9-18/h3-15H,16H2,1-2H3. The number of methoxy groups -OCH3 is 1. The number of hydrogen-bond acceptors (Lipinski definition) is 4. The van der Waals surface area contributed by atoms with Crippen molar-refractivity contribution in [1.82, 2.24) is 0 Å². The zero-order valence-corrected chi connectivity index (χ0v) is 17.2. The van der Waals surface area contributed by atoms with Crippen LogP contribution in [-0.4, -0.2) is 18.7 Å². The van der Waals surface area contributed by atoms with Crippen LogP contribution < -0.4 is 14.5 Å². The van der Waals surface area contributed by atoms with Crippen molar-refractivity contribution in [3.05, 3.63) is 95.3 Å². The minimum Gasteiger partial charge on any atom is -0.493 e. The number of hydrogen-bond donors (Lipinski definition) is 0.